The van der Waals surface area contributed by atoms with Crippen LogP contribution in [0.2, 0.25) is 0 Å². The van der Waals surface area contributed by atoms with Crippen molar-refractivity contribution in [2.75, 3.05) is 13.7 Å². The van der Waals surface area contributed by atoms with Gasteiger partial charge < -0.3 is 19.3 Å². The number of halogens is 2. The summed E-state index contributed by atoms with van der Waals surface area (Å²) in [6.07, 6.45) is -3.19. The largest absolute Gasteiger partial charge is 0.497 e. The van der Waals surface area contributed by atoms with E-state index in [9.17, 15) is 22.9 Å². The third kappa shape index (κ3) is 6.70. The van der Waals surface area contributed by atoms with Gasteiger partial charge in [0.15, 0.2) is 12.4 Å². The molecule has 3 rings (SSSR count). The molecule has 14 heteroatoms. The number of phosphoric acid groups is 1. The Morgan fingerprint density at radius 2 is 1.83 bits per heavy atom. The zero-order valence-electron chi connectivity index (χ0n) is 19.8. The van der Waals surface area contributed by atoms with Crippen LogP contribution in [0.5, 0.6) is 11.6 Å². The number of ketones is 2. The topological polar surface area (TPSA) is 150 Å². The van der Waals surface area contributed by atoms with E-state index >= 15 is 0 Å². The molecule has 0 aliphatic heterocycles. The van der Waals surface area contributed by atoms with Gasteiger partial charge >= 0.3 is 13.9 Å². The fourth-order valence-corrected chi connectivity index (χ4v) is 3.44. The molecular formula is C22H24F2N3O8P. The summed E-state index contributed by atoms with van der Waals surface area (Å²) in [6.45, 7) is 3.74. The second kappa shape index (κ2) is 10.0. The summed E-state index contributed by atoms with van der Waals surface area (Å²) in [6, 6.07) is 7.34. The van der Waals surface area contributed by atoms with Gasteiger partial charge in [-0.1, -0.05) is 20.8 Å². The Morgan fingerprint density at radius 1 is 1.14 bits per heavy atom. The normalized spacial score (nSPS) is 12.6. The molecule has 0 atom stereocenters. The summed E-state index contributed by atoms with van der Waals surface area (Å²) < 4.78 is 52.2. The van der Waals surface area contributed by atoms with Gasteiger partial charge in [-0.2, -0.15) is 13.9 Å². The summed E-state index contributed by atoms with van der Waals surface area (Å²) in [5, 5.41) is 4.83. The number of rotatable bonds is 10. The van der Waals surface area contributed by atoms with Gasteiger partial charge in [-0.25, -0.2) is 14.1 Å². The summed E-state index contributed by atoms with van der Waals surface area (Å²) in [5.74, 6) is -0.470. The van der Waals surface area contributed by atoms with E-state index in [1.54, 1.807) is 39.0 Å². The van der Waals surface area contributed by atoms with Crippen molar-refractivity contribution >= 4 is 30.3 Å². The van der Waals surface area contributed by atoms with E-state index in [2.05, 4.69) is 14.6 Å². The second-order valence-electron chi connectivity index (χ2n) is 8.78. The van der Waals surface area contributed by atoms with E-state index in [1.807, 2.05) is 0 Å². The van der Waals surface area contributed by atoms with Gasteiger partial charge in [0.2, 0.25) is 11.7 Å². The first-order valence-electron chi connectivity index (χ1n) is 10.5. The van der Waals surface area contributed by atoms with Crippen LogP contribution in [0, 0.1) is 5.41 Å². The molecule has 0 saturated carbocycles. The molecule has 194 valence electrons. The standard InChI is InChI=1S/C22H24F2N3O8P/c1-21(2,3)17(28)11-27-16-9-14(33-4)6-7-15(16)19(26-27)20(29)13-5-8-18(25-10-13)34-12-22(23,24)35-36(30,31)32/h5-10H,11-12H2,1-4H3,(H2,30,31,32). The number of ether oxygens (including phenoxy) is 2. The Bertz CT molecular complexity index is 1330. The highest BCUT2D eigenvalue weighted by molar-refractivity contribution is 7.46. The summed E-state index contributed by atoms with van der Waals surface area (Å²) in [4.78, 5) is 46.6. The van der Waals surface area contributed by atoms with Crippen molar-refractivity contribution in [1.82, 2.24) is 14.8 Å². The molecule has 0 bridgehead atoms. The molecule has 0 unspecified atom stereocenters. The van der Waals surface area contributed by atoms with Crippen LogP contribution >= 0.6 is 7.82 Å². The van der Waals surface area contributed by atoms with Crippen molar-refractivity contribution < 1.29 is 46.7 Å². The highest BCUT2D eigenvalue weighted by Gasteiger charge is 2.39. The predicted octanol–water partition coefficient (Wildman–Crippen LogP) is 3.37. The quantitative estimate of drug-likeness (QED) is 0.297. The van der Waals surface area contributed by atoms with Crippen molar-refractivity contribution in [3.05, 3.63) is 47.8 Å². The van der Waals surface area contributed by atoms with Gasteiger partial charge in [-0.3, -0.25) is 14.3 Å². The van der Waals surface area contributed by atoms with E-state index in [0.29, 0.717) is 16.7 Å². The summed E-state index contributed by atoms with van der Waals surface area (Å²) >= 11 is 0. The number of carbonyl (C=O) groups excluding carboxylic acids is 2. The molecule has 1 aromatic carbocycles. The van der Waals surface area contributed by atoms with Gasteiger partial charge in [0, 0.05) is 34.7 Å². The monoisotopic (exact) mass is 527 g/mol. The molecule has 0 radical (unpaired) electrons. The van der Waals surface area contributed by atoms with Gasteiger partial charge in [0.25, 0.3) is 0 Å². The Hall–Kier alpha value is -3.25. The maximum atomic E-state index is 13.4. The van der Waals surface area contributed by atoms with E-state index in [-0.39, 0.29) is 29.5 Å². The minimum absolute atomic E-state index is 0.0476. The molecule has 0 spiro atoms. The van der Waals surface area contributed by atoms with Crippen molar-refractivity contribution in [3.8, 4) is 11.6 Å². The average Bonchev–Trinajstić information content (AvgIpc) is 3.13. The number of methoxy groups -OCH3 is 1. The minimum Gasteiger partial charge on any atom is -0.497 e. The van der Waals surface area contributed by atoms with Crippen molar-refractivity contribution in [2.24, 2.45) is 5.41 Å². The van der Waals surface area contributed by atoms with Crippen molar-refractivity contribution in [1.29, 1.82) is 0 Å². The number of hydrogen-bond acceptors (Lipinski definition) is 8. The van der Waals surface area contributed by atoms with Crippen LogP contribution in [-0.4, -0.2) is 55.9 Å². The number of carbonyl (C=O) groups is 2. The Balaban J connectivity index is 1.86. The molecule has 2 aromatic heterocycles. The average molecular weight is 527 g/mol. The van der Waals surface area contributed by atoms with E-state index < -0.39 is 31.7 Å². The number of Topliss-reactive ketones (excluding diaryl/α,β-unsaturated/α-hetero) is 1. The molecule has 2 heterocycles. The molecule has 11 nitrogen and oxygen atoms in total. The van der Waals surface area contributed by atoms with Gasteiger partial charge in [-0.15, -0.1) is 0 Å². The van der Waals surface area contributed by atoms with Crippen molar-refractivity contribution in [3.63, 3.8) is 0 Å². The number of phosphoric ester groups is 1. The molecule has 0 saturated heterocycles. The lowest BCUT2D eigenvalue weighted by Gasteiger charge is -2.17. The van der Waals surface area contributed by atoms with Crippen LogP contribution < -0.4 is 9.47 Å². The van der Waals surface area contributed by atoms with Crippen molar-refractivity contribution in [2.45, 2.75) is 33.4 Å². The number of alkyl halides is 2. The maximum absolute atomic E-state index is 13.4. The lowest BCUT2D eigenvalue weighted by Crippen LogP contribution is -2.28. The maximum Gasteiger partial charge on any atom is 0.474 e. The van der Waals surface area contributed by atoms with Crippen LogP contribution in [-0.2, 0) is 20.4 Å². The second-order valence-corrected chi connectivity index (χ2v) is 9.95. The lowest BCUT2D eigenvalue weighted by molar-refractivity contribution is -0.205. The van der Waals surface area contributed by atoms with Gasteiger partial charge in [0.05, 0.1) is 12.6 Å². The zero-order chi connectivity index (χ0) is 26.9. The van der Waals surface area contributed by atoms with Crippen LogP contribution in [0.1, 0.15) is 36.8 Å². The SMILES string of the molecule is COc1ccc2c(C(=O)c3ccc(OCC(F)(F)OP(=O)(O)O)nc3)nn(CC(=O)C(C)(C)C)c2c1. The first-order chi connectivity index (χ1) is 16.6. The first-order valence-corrected chi connectivity index (χ1v) is 12.0. The van der Waals surface area contributed by atoms with Crippen LogP contribution in [0.15, 0.2) is 36.5 Å². The highest BCUT2D eigenvalue weighted by Crippen LogP contribution is 2.42. The molecule has 0 fully saturated rings. The van der Waals surface area contributed by atoms with E-state index in [1.165, 1.54) is 17.9 Å². The number of benzene rings is 1. The van der Waals surface area contributed by atoms with E-state index in [4.69, 9.17) is 19.3 Å². The number of pyridine rings is 1. The number of nitrogens with zero attached hydrogens (tertiary/aromatic N) is 3. The van der Waals surface area contributed by atoms with E-state index in [0.717, 1.165) is 12.3 Å². The highest BCUT2D eigenvalue weighted by atomic mass is 31.2. The number of aromatic nitrogens is 3. The molecule has 0 aliphatic rings. The molecule has 36 heavy (non-hydrogen) atoms. The van der Waals surface area contributed by atoms with Gasteiger partial charge in [0.1, 0.15) is 18.0 Å². The molecule has 0 amide bonds. The number of fused-ring (bicyclic) bond motifs is 1. The summed E-state index contributed by atoms with van der Waals surface area (Å²) in [5.41, 5.74) is -0.0132. The molecule has 3 aromatic rings. The Morgan fingerprint density at radius 3 is 2.39 bits per heavy atom. The molecule has 2 N–H and O–H groups in total. The van der Waals surface area contributed by atoms with Crippen LogP contribution in [0.4, 0.5) is 8.78 Å². The predicted molar refractivity (Wildman–Crippen MR) is 122 cm³/mol. The minimum atomic E-state index is -5.44. The zero-order valence-corrected chi connectivity index (χ0v) is 20.7. The third-order valence-electron chi connectivity index (χ3n) is 4.94. The van der Waals surface area contributed by atoms with Crippen LogP contribution in [0.25, 0.3) is 10.9 Å². The van der Waals surface area contributed by atoms with Crippen LogP contribution in [0.3, 0.4) is 0 Å². The third-order valence-corrected chi connectivity index (χ3v) is 5.45. The Kier molecular flexibility index (Phi) is 7.61. The summed E-state index contributed by atoms with van der Waals surface area (Å²) in [7, 11) is -3.95. The lowest BCUT2D eigenvalue weighted by atomic mass is 9.91. The number of hydrogen-bond donors (Lipinski definition) is 2. The van der Waals surface area contributed by atoms with Gasteiger partial charge in [-0.05, 0) is 18.2 Å². The molecule has 0 aliphatic carbocycles. The fraction of sp³-hybridized carbons (Fsp3) is 0.364. The smallest absolute Gasteiger partial charge is 0.474 e. The first kappa shape index (κ1) is 27.3. The molecular weight excluding hydrogens is 503 g/mol. The fourth-order valence-electron chi connectivity index (χ4n) is 3.04. The Labute approximate surface area is 204 Å².